The maximum absolute atomic E-state index is 13.6. The molecule has 1 aromatic carbocycles. The van der Waals surface area contributed by atoms with Gasteiger partial charge in [-0.1, -0.05) is 6.07 Å². The maximum atomic E-state index is 13.6. The molecule has 0 amide bonds. The van der Waals surface area contributed by atoms with E-state index in [0.29, 0.717) is 0 Å². The Morgan fingerprint density at radius 1 is 1.37 bits per heavy atom. The van der Waals surface area contributed by atoms with Crippen LogP contribution in [-0.4, -0.2) is 16.8 Å². The van der Waals surface area contributed by atoms with Gasteiger partial charge < -0.3 is 5.32 Å². The van der Waals surface area contributed by atoms with Crippen molar-refractivity contribution in [3.63, 3.8) is 0 Å². The Morgan fingerprint density at radius 2 is 2.11 bits per heavy atom. The molecule has 1 aromatic heterocycles. The molecule has 0 saturated heterocycles. The second kappa shape index (κ2) is 5.53. The van der Waals surface area contributed by atoms with E-state index in [9.17, 15) is 4.39 Å². The molecule has 1 heterocycles. The van der Waals surface area contributed by atoms with Gasteiger partial charge in [-0.15, -0.1) is 0 Å². The van der Waals surface area contributed by atoms with E-state index in [0.717, 1.165) is 28.9 Å². The third kappa shape index (κ3) is 2.54. The van der Waals surface area contributed by atoms with Crippen molar-refractivity contribution in [1.29, 1.82) is 0 Å². The van der Waals surface area contributed by atoms with Crippen molar-refractivity contribution >= 4 is 0 Å². The Kier molecular flexibility index (Phi) is 4.00. The van der Waals surface area contributed by atoms with Gasteiger partial charge in [0.15, 0.2) is 0 Å². The minimum Gasteiger partial charge on any atom is -0.313 e. The molecule has 102 valence electrons. The lowest BCUT2D eigenvalue weighted by Crippen LogP contribution is -2.13. The molecule has 0 saturated carbocycles. The minimum absolute atomic E-state index is 0.167. The number of nitrogens with one attached hydrogen (secondary N) is 1. The van der Waals surface area contributed by atoms with E-state index in [-0.39, 0.29) is 11.9 Å². The van der Waals surface area contributed by atoms with Gasteiger partial charge in [0.05, 0.1) is 6.20 Å². The van der Waals surface area contributed by atoms with Crippen LogP contribution in [0.25, 0.3) is 11.1 Å². The highest BCUT2D eigenvalue weighted by Gasteiger charge is 2.15. The first kappa shape index (κ1) is 13.7. The van der Waals surface area contributed by atoms with E-state index in [4.69, 9.17) is 0 Å². The molecular weight excluding hydrogens is 241 g/mol. The van der Waals surface area contributed by atoms with Crippen molar-refractivity contribution in [2.24, 2.45) is 0 Å². The van der Waals surface area contributed by atoms with Gasteiger partial charge in [-0.05, 0) is 51.1 Å². The fraction of sp³-hybridized carbons (Fsp3) is 0.400. The van der Waals surface area contributed by atoms with Crippen LogP contribution >= 0.6 is 0 Å². The number of halogens is 1. The van der Waals surface area contributed by atoms with Crippen LogP contribution in [0, 0.1) is 12.7 Å². The monoisotopic (exact) mass is 261 g/mol. The Morgan fingerprint density at radius 3 is 2.68 bits per heavy atom. The number of rotatable bonds is 4. The summed E-state index contributed by atoms with van der Waals surface area (Å²) >= 11 is 0. The van der Waals surface area contributed by atoms with Gasteiger partial charge in [0.2, 0.25) is 0 Å². The summed E-state index contributed by atoms with van der Waals surface area (Å²) in [4.78, 5) is 0. The van der Waals surface area contributed by atoms with Crippen LogP contribution in [0.2, 0.25) is 0 Å². The van der Waals surface area contributed by atoms with Crippen LogP contribution in [0.1, 0.15) is 31.1 Å². The highest BCUT2D eigenvalue weighted by Crippen LogP contribution is 2.31. The summed E-state index contributed by atoms with van der Waals surface area (Å²) in [5.41, 5.74) is 4.07. The van der Waals surface area contributed by atoms with Crippen LogP contribution in [-0.2, 0) is 6.54 Å². The Labute approximate surface area is 113 Å². The summed E-state index contributed by atoms with van der Waals surface area (Å²) in [5.74, 6) is -0.217. The van der Waals surface area contributed by atoms with E-state index in [2.05, 4.69) is 17.3 Å². The average Bonchev–Trinajstić information content (AvgIpc) is 2.78. The van der Waals surface area contributed by atoms with Crippen LogP contribution in [0.5, 0.6) is 0 Å². The molecule has 1 N–H and O–H groups in total. The first-order chi connectivity index (χ1) is 9.08. The van der Waals surface area contributed by atoms with Gasteiger partial charge >= 0.3 is 0 Å². The Bertz CT molecular complexity index is 575. The first-order valence-corrected chi connectivity index (χ1v) is 6.58. The molecule has 1 unspecified atom stereocenters. The number of hydrogen-bond acceptors (Lipinski definition) is 2. The topological polar surface area (TPSA) is 29.9 Å². The lowest BCUT2D eigenvalue weighted by Gasteiger charge is -2.16. The fourth-order valence-electron chi connectivity index (χ4n) is 2.32. The predicted octanol–water partition coefficient (Wildman–Crippen LogP) is 3.30. The fourth-order valence-corrected chi connectivity index (χ4v) is 2.32. The third-order valence-corrected chi connectivity index (χ3v) is 3.61. The van der Waals surface area contributed by atoms with E-state index >= 15 is 0 Å². The molecule has 0 aliphatic carbocycles. The van der Waals surface area contributed by atoms with E-state index < -0.39 is 0 Å². The van der Waals surface area contributed by atoms with Crippen molar-refractivity contribution in [2.45, 2.75) is 33.4 Å². The summed E-state index contributed by atoms with van der Waals surface area (Å²) in [6, 6.07) is 5.11. The molecule has 0 fully saturated rings. The van der Waals surface area contributed by atoms with Gasteiger partial charge in [0.1, 0.15) is 5.82 Å². The average molecular weight is 261 g/mol. The number of nitrogens with zero attached hydrogens (tertiary/aromatic N) is 2. The number of aromatic nitrogens is 2. The van der Waals surface area contributed by atoms with Crippen molar-refractivity contribution in [2.75, 3.05) is 7.05 Å². The van der Waals surface area contributed by atoms with Gasteiger partial charge in [0.25, 0.3) is 0 Å². The number of aryl methyl sites for hydroxylation is 1. The molecule has 0 radical (unpaired) electrons. The molecule has 2 rings (SSSR count). The van der Waals surface area contributed by atoms with Crippen LogP contribution in [0.4, 0.5) is 4.39 Å². The van der Waals surface area contributed by atoms with E-state index in [1.165, 1.54) is 6.07 Å². The van der Waals surface area contributed by atoms with E-state index in [1.54, 1.807) is 6.07 Å². The Hall–Kier alpha value is -1.68. The molecular formula is C15H20FN3. The summed E-state index contributed by atoms with van der Waals surface area (Å²) in [5, 5.41) is 7.54. The highest BCUT2D eigenvalue weighted by atomic mass is 19.1. The summed E-state index contributed by atoms with van der Waals surface area (Å²) in [6.45, 7) is 6.95. The number of hydrogen-bond donors (Lipinski definition) is 1. The molecule has 1 atom stereocenters. The molecule has 3 nitrogen and oxygen atoms in total. The second-order valence-electron chi connectivity index (χ2n) is 4.70. The largest absolute Gasteiger partial charge is 0.313 e. The molecule has 0 aliphatic rings. The maximum Gasteiger partial charge on any atom is 0.123 e. The van der Waals surface area contributed by atoms with Crippen molar-refractivity contribution < 1.29 is 4.39 Å². The van der Waals surface area contributed by atoms with Crippen molar-refractivity contribution in [3.8, 4) is 11.1 Å². The minimum atomic E-state index is -0.217. The Balaban J connectivity index is 2.59. The lowest BCUT2D eigenvalue weighted by molar-refractivity contribution is 0.620. The zero-order chi connectivity index (χ0) is 14.0. The summed E-state index contributed by atoms with van der Waals surface area (Å²) < 4.78 is 15.5. The third-order valence-electron chi connectivity index (χ3n) is 3.61. The normalized spacial score (nSPS) is 12.7. The molecule has 0 spiro atoms. The summed E-state index contributed by atoms with van der Waals surface area (Å²) in [6.07, 6.45) is 1.82. The lowest BCUT2D eigenvalue weighted by atomic mass is 9.96. The zero-order valence-electron chi connectivity index (χ0n) is 11.9. The predicted molar refractivity (Wildman–Crippen MR) is 75.5 cm³/mol. The standard InChI is InChI=1S/C15H20FN3/c1-5-19-11(3)15(9-18-19)14-8-12(16)6-7-13(14)10(2)17-4/h6-10,17H,5H2,1-4H3. The quantitative estimate of drug-likeness (QED) is 0.915. The number of benzene rings is 1. The van der Waals surface area contributed by atoms with Crippen LogP contribution in [0.15, 0.2) is 24.4 Å². The first-order valence-electron chi connectivity index (χ1n) is 6.58. The van der Waals surface area contributed by atoms with Gasteiger partial charge in [-0.25, -0.2) is 4.39 Å². The van der Waals surface area contributed by atoms with Crippen LogP contribution < -0.4 is 5.32 Å². The van der Waals surface area contributed by atoms with Crippen LogP contribution in [0.3, 0.4) is 0 Å². The highest BCUT2D eigenvalue weighted by molar-refractivity contribution is 5.69. The van der Waals surface area contributed by atoms with Gasteiger partial charge in [-0.2, -0.15) is 5.10 Å². The SMILES string of the molecule is CCn1ncc(-c2cc(F)ccc2C(C)NC)c1C. The second-order valence-corrected chi connectivity index (χ2v) is 4.70. The smallest absolute Gasteiger partial charge is 0.123 e. The van der Waals surface area contributed by atoms with E-state index in [1.807, 2.05) is 37.8 Å². The molecule has 19 heavy (non-hydrogen) atoms. The molecule has 4 heteroatoms. The molecule has 0 aliphatic heterocycles. The van der Waals surface area contributed by atoms with Crippen molar-refractivity contribution in [1.82, 2.24) is 15.1 Å². The zero-order valence-corrected chi connectivity index (χ0v) is 11.9. The summed E-state index contributed by atoms with van der Waals surface area (Å²) in [7, 11) is 1.90. The van der Waals surface area contributed by atoms with Gasteiger partial charge in [0, 0.05) is 23.8 Å². The molecule has 2 aromatic rings. The molecule has 0 bridgehead atoms. The van der Waals surface area contributed by atoms with Gasteiger partial charge in [-0.3, -0.25) is 4.68 Å². The van der Waals surface area contributed by atoms with Crippen molar-refractivity contribution in [3.05, 3.63) is 41.5 Å².